The molecule has 0 aromatic carbocycles. The SMILES string of the molecule is O=C(O)[C@H]1C[C@@H](O)CN1C(=O)c1ccc(Cl)nc1. The van der Waals surface area contributed by atoms with Crippen LogP contribution in [0.1, 0.15) is 16.8 Å². The van der Waals surface area contributed by atoms with Crippen molar-refractivity contribution < 1.29 is 19.8 Å². The van der Waals surface area contributed by atoms with Crippen LogP contribution in [0.2, 0.25) is 5.15 Å². The van der Waals surface area contributed by atoms with Crippen LogP contribution in [0, 0.1) is 0 Å². The molecule has 96 valence electrons. The van der Waals surface area contributed by atoms with E-state index in [1.807, 2.05) is 0 Å². The van der Waals surface area contributed by atoms with Crippen LogP contribution in [0.3, 0.4) is 0 Å². The number of carbonyl (C=O) groups is 2. The fourth-order valence-corrected chi connectivity index (χ4v) is 2.05. The number of pyridine rings is 1. The van der Waals surface area contributed by atoms with Crippen LogP contribution in [0.25, 0.3) is 0 Å². The number of halogens is 1. The summed E-state index contributed by atoms with van der Waals surface area (Å²) in [6, 6.07) is 1.93. The second kappa shape index (κ2) is 4.91. The van der Waals surface area contributed by atoms with Crippen molar-refractivity contribution in [1.29, 1.82) is 0 Å². The average molecular weight is 271 g/mol. The van der Waals surface area contributed by atoms with Gasteiger partial charge < -0.3 is 15.1 Å². The maximum atomic E-state index is 12.1. The zero-order valence-electron chi connectivity index (χ0n) is 9.28. The van der Waals surface area contributed by atoms with Crippen molar-refractivity contribution in [2.45, 2.75) is 18.6 Å². The number of rotatable bonds is 2. The van der Waals surface area contributed by atoms with E-state index in [-0.39, 0.29) is 23.7 Å². The molecular weight excluding hydrogens is 260 g/mol. The van der Waals surface area contributed by atoms with Gasteiger partial charge in [-0.15, -0.1) is 0 Å². The molecule has 1 amide bonds. The number of carboxylic acid groups (broad SMARTS) is 1. The number of carboxylic acids is 1. The molecule has 2 rings (SSSR count). The summed E-state index contributed by atoms with van der Waals surface area (Å²) in [5, 5.41) is 18.7. The van der Waals surface area contributed by atoms with Crippen LogP contribution in [-0.2, 0) is 4.79 Å². The Labute approximate surface area is 108 Å². The number of carbonyl (C=O) groups excluding carboxylic acids is 1. The molecule has 7 heteroatoms. The van der Waals surface area contributed by atoms with Gasteiger partial charge in [0.25, 0.3) is 5.91 Å². The van der Waals surface area contributed by atoms with Gasteiger partial charge in [0.05, 0.1) is 11.7 Å². The van der Waals surface area contributed by atoms with Gasteiger partial charge in [0, 0.05) is 19.2 Å². The molecule has 2 atom stereocenters. The first kappa shape index (κ1) is 12.8. The van der Waals surface area contributed by atoms with E-state index in [2.05, 4.69) is 4.98 Å². The maximum absolute atomic E-state index is 12.1. The molecular formula is C11H11ClN2O4. The van der Waals surface area contributed by atoms with Crippen molar-refractivity contribution in [2.24, 2.45) is 0 Å². The molecule has 1 aromatic heterocycles. The molecule has 2 heterocycles. The number of likely N-dealkylation sites (tertiary alicyclic amines) is 1. The summed E-state index contributed by atoms with van der Waals surface area (Å²) in [5.41, 5.74) is 0.250. The standard InChI is InChI=1S/C11H11ClN2O4/c12-9-2-1-6(4-13-9)10(16)14-5-7(15)3-8(14)11(17)18/h1-2,4,7-8,15H,3,5H2,(H,17,18)/t7-,8-/m1/s1. The van der Waals surface area contributed by atoms with Crippen molar-refractivity contribution in [2.75, 3.05) is 6.54 Å². The van der Waals surface area contributed by atoms with Gasteiger partial charge in [-0.2, -0.15) is 0 Å². The van der Waals surface area contributed by atoms with Gasteiger partial charge in [0.1, 0.15) is 11.2 Å². The minimum Gasteiger partial charge on any atom is -0.480 e. The fourth-order valence-electron chi connectivity index (χ4n) is 1.94. The molecule has 0 aliphatic carbocycles. The van der Waals surface area contributed by atoms with Crippen molar-refractivity contribution in [3.8, 4) is 0 Å². The van der Waals surface area contributed by atoms with Gasteiger partial charge in [0.15, 0.2) is 0 Å². The quantitative estimate of drug-likeness (QED) is 0.759. The summed E-state index contributed by atoms with van der Waals surface area (Å²) in [6.07, 6.45) is 0.520. The second-order valence-electron chi connectivity index (χ2n) is 4.07. The maximum Gasteiger partial charge on any atom is 0.326 e. The van der Waals surface area contributed by atoms with Crippen LogP contribution >= 0.6 is 11.6 Å². The average Bonchev–Trinajstić information content (AvgIpc) is 2.71. The van der Waals surface area contributed by atoms with Crippen molar-refractivity contribution >= 4 is 23.5 Å². The van der Waals surface area contributed by atoms with Crippen molar-refractivity contribution in [1.82, 2.24) is 9.88 Å². The Morgan fingerprint density at radius 3 is 2.72 bits per heavy atom. The molecule has 6 nitrogen and oxygen atoms in total. The highest BCUT2D eigenvalue weighted by Crippen LogP contribution is 2.21. The summed E-state index contributed by atoms with van der Waals surface area (Å²) in [6.45, 7) is 0.0123. The molecule has 1 aromatic rings. The van der Waals surface area contributed by atoms with Gasteiger partial charge in [-0.1, -0.05) is 11.6 Å². The lowest BCUT2D eigenvalue weighted by atomic mass is 10.2. The van der Waals surface area contributed by atoms with Crippen molar-refractivity contribution in [3.63, 3.8) is 0 Å². The number of aromatic nitrogens is 1. The Morgan fingerprint density at radius 1 is 1.44 bits per heavy atom. The van der Waals surface area contributed by atoms with Gasteiger partial charge >= 0.3 is 5.97 Å². The van der Waals surface area contributed by atoms with Crippen LogP contribution in [0.15, 0.2) is 18.3 Å². The zero-order chi connectivity index (χ0) is 13.3. The summed E-state index contributed by atoms with van der Waals surface area (Å²) in [7, 11) is 0. The van der Waals surface area contributed by atoms with E-state index in [0.717, 1.165) is 4.90 Å². The number of hydrogen-bond acceptors (Lipinski definition) is 4. The van der Waals surface area contributed by atoms with Crippen LogP contribution in [0.4, 0.5) is 0 Å². The van der Waals surface area contributed by atoms with Crippen molar-refractivity contribution in [3.05, 3.63) is 29.0 Å². The summed E-state index contributed by atoms with van der Waals surface area (Å²) < 4.78 is 0. The molecule has 1 saturated heterocycles. The predicted octanol–water partition coefficient (Wildman–Crippen LogP) is 0.395. The fraction of sp³-hybridized carbons (Fsp3) is 0.364. The number of amides is 1. The molecule has 1 aliphatic rings. The molecule has 0 unspecified atom stereocenters. The third-order valence-corrected chi connectivity index (χ3v) is 3.02. The lowest BCUT2D eigenvalue weighted by molar-refractivity contribution is -0.141. The number of nitrogens with zero attached hydrogens (tertiary/aromatic N) is 2. The Balaban J connectivity index is 2.22. The van der Waals surface area contributed by atoms with E-state index in [0.29, 0.717) is 0 Å². The smallest absolute Gasteiger partial charge is 0.326 e. The predicted molar refractivity (Wildman–Crippen MR) is 62.3 cm³/mol. The number of aliphatic carboxylic acids is 1. The Morgan fingerprint density at radius 2 is 2.17 bits per heavy atom. The van der Waals surface area contributed by atoms with E-state index >= 15 is 0 Å². The summed E-state index contributed by atoms with van der Waals surface area (Å²) >= 11 is 5.61. The van der Waals surface area contributed by atoms with E-state index in [1.165, 1.54) is 18.3 Å². The molecule has 1 fully saturated rings. The molecule has 0 saturated carbocycles. The largest absolute Gasteiger partial charge is 0.480 e. The van der Waals surface area contributed by atoms with Crippen LogP contribution < -0.4 is 0 Å². The monoisotopic (exact) mass is 270 g/mol. The highest BCUT2D eigenvalue weighted by Gasteiger charge is 2.39. The lowest BCUT2D eigenvalue weighted by Crippen LogP contribution is -2.40. The zero-order valence-corrected chi connectivity index (χ0v) is 10.0. The molecule has 1 aliphatic heterocycles. The topological polar surface area (TPSA) is 90.7 Å². The molecule has 0 spiro atoms. The first-order valence-corrected chi connectivity index (χ1v) is 5.70. The molecule has 18 heavy (non-hydrogen) atoms. The number of hydrogen-bond donors (Lipinski definition) is 2. The molecule has 0 radical (unpaired) electrons. The normalized spacial score (nSPS) is 23.1. The number of aliphatic hydroxyl groups excluding tert-OH is 1. The van der Waals surface area contributed by atoms with Gasteiger partial charge in [-0.25, -0.2) is 9.78 Å². The van der Waals surface area contributed by atoms with E-state index in [4.69, 9.17) is 16.7 Å². The number of aliphatic hydroxyl groups is 1. The Hall–Kier alpha value is -1.66. The summed E-state index contributed by atoms with van der Waals surface area (Å²) in [5.74, 6) is -1.59. The molecule has 0 bridgehead atoms. The highest BCUT2D eigenvalue weighted by atomic mass is 35.5. The first-order valence-electron chi connectivity index (χ1n) is 5.32. The second-order valence-corrected chi connectivity index (χ2v) is 4.46. The van der Waals surface area contributed by atoms with Gasteiger partial charge in [-0.3, -0.25) is 4.79 Å². The van der Waals surface area contributed by atoms with Gasteiger partial charge in [-0.05, 0) is 12.1 Å². The van der Waals surface area contributed by atoms with E-state index in [1.54, 1.807) is 0 Å². The van der Waals surface area contributed by atoms with E-state index < -0.39 is 24.0 Å². The third-order valence-electron chi connectivity index (χ3n) is 2.80. The minimum absolute atomic E-state index is 0.0123. The number of β-amino-alcohol motifs (C(OH)–C–C–N with tert-alkyl or cyclic N) is 1. The van der Waals surface area contributed by atoms with E-state index in [9.17, 15) is 14.7 Å². The Bertz CT molecular complexity index is 476. The Kier molecular flexibility index (Phi) is 3.49. The summed E-state index contributed by atoms with van der Waals surface area (Å²) in [4.78, 5) is 28.0. The lowest BCUT2D eigenvalue weighted by Gasteiger charge is -2.20. The van der Waals surface area contributed by atoms with Crippen LogP contribution in [-0.4, -0.2) is 50.7 Å². The van der Waals surface area contributed by atoms with Crippen LogP contribution in [0.5, 0.6) is 0 Å². The first-order chi connectivity index (χ1) is 8.49. The highest BCUT2D eigenvalue weighted by molar-refractivity contribution is 6.29. The third kappa shape index (κ3) is 2.44. The van der Waals surface area contributed by atoms with Gasteiger partial charge in [0.2, 0.25) is 0 Å². The minimum atomic E-state index is -1.12. The molecule has 2 N–H and O–H groups in total.